The highest BCUT2D eigenvalue weighted by molar-refractivity contribution is 5.86. The normalized spacial score (nSPS) is 21.3. The van der Waals surface area contributed by atoms with E-state index in [1.54, 1.807) is 50.2 Å². The van der Waals surface area contributed by atoms with E-state index in [-0.39, 0.29) is 31.8 Å². The molecule has 284 valence electrons. The second kappa shape index (κ2) is 18.0. The van der Waals surface area contributed by atoms with Crippen LogP contribution in [-0.4, -0.2) is 95.2 Å². The van der Waals surface area contributed by atoms with Gasteiger partial charge in [0, 0.05) is 12.7 Å². The average molecular weight is 722 g/mol. The monoisotopic (exact) mass is 721 g/mol. The molecule has 1 unspecified atom stereocenters. The first kappa shape index (κ1) is 40.5. The fourth-order valence-corrected chi connectivity index (χ4v) is 6.22. The minimum absolute atomic E-state index is 0.0542. The number of hydrazine groups is 1. The van der Waals surface area contributed by atoms with Gasteiger partial charge in [-0.05, 0) is 69.2 Å². The van der Waals surface area contributed by atoms with Crippen molar-refractivity contribution in [2.75, 3.05) is 19.8 Å². The Hall–Kier alpha value is -4.30. The van der Waals surface area contributed by atoms with Gasteiger partial charge in [0.15, 0.2) is 6.29 Å². The largest absolute Gasteiger partial charge is 0.444 e. The first-order valence-corrected chi connectivity index (χ1v) is 17.8. The van der Waals surface area contributed by atoms with Gasteiger partial charge in [0.05, 0.1) is 43.0 Å². The Morgan fingerprint density at radius 1 is 1.04 bits per heavy atom. The third kappa shape index (κ3) is 11.6. The average Bonchev–Trinajstić information content (AvgIpc) is 3.70. The van der Waals surface area contributed by atoms with Gasteiger partial charge < -0.3 is 34.7 Å². The van der Waals surface area contributed by atoms with E-state index in [0.717, 1.165) is 12.0 Å². The predicted molar refractivity (Wildman–Crippen MR) is 196 cm³/mol. The van der Waals surface area contributed by atoms with Crippen LogP contribution in [-0.2, 0) is 30.2 Å². The van der Waals surface area contributed by atoms with Crippen LogP contribution in [0.25, 0.3) is 5.57 Å². The van der Waals surface area contributed by atoms with E-state index in [0.29, 0.717) is 17.9 Å². The molecule has 7 atom stereocenters. The van der Waals surface area contributed by atoms with Gasteiger partial charge in [0.1, 0.15) is 17.7 Å². The van der Waals surface area contributed by atoms with Crippen molar-refractivity contribution >= 4 is 23.7 Å². The molecule has 0 spiro atoms. The molecule has 0 bridgehead atoms. The number of aliphatic hydroxyl groups is 1. The molecule has 2 aliphatic heterocycles. The summed E-state index contributed by atoms with van der Waals surface area (Å²) in [5.74, 6) is -0.584. The fourth-order valence-electron chi connectivity index (χ4n) is 6.22. The number of carbonyl (C=O) groups is 3. The quantitative estimate of drug-likeness (QED) is 0.158. The molecule has 1 aromatic carbocycles. The number of carbonyl (C=O) groups excluding carboxylic acids is 3. The van der Waals surface area contributed by atoms with Crippen LogP contribution in [0.4, 0.5) is 9.59 Å². The van der Waals surface area contributed by atoms with Crippen molar-refractivity contribution in [1.29, 1.82) is 0 Å². The number of ether oxygens (including phenoxy) is 4. The SMILES string of the molecule is C=C/C=C(/c1ccccn1)C(C)N(C[C@H](O)[C@H](Cc1ccccc1)NC(=O)O[C@H]1CO[C@H]2OCC[C@H]21)NC(=O)[C@@H](NC(=O)OC(C)(C)C)C(C)(C)C. The summed E-state index contributed by atoms with van der Waals surface area (Å²) < 4.78 is 22.5. The molecule has 1 aromatic heterocycles. The summed E-state index contributed by atoms with van der Waals surface area (Å²) in [5, 5.41) is 19.2. The van der Waals surface area contributed by atoms with Crippen LogP contribution in [0.3, 0.4) is 0 Å². The first-order chi connectivity index (χ1) is 24.6. The number of alkyl carbamates (subject to hydrolysis) is 2. The molecule has 3 heterocycles. The Morgan fingerprint density at radius 2 is 1.75 bits per heavy atom. The van der Waals surface area contributed by atoms with Crippen LogP contribution in [0.1, 0.15) is 66.1 Å². The molecule has 2 fully saturated rings. The Bertz CT molecular complexity index is 1520. The van der Waals surface area contributed by atoms with Crippen molar-refractivity contribution in [3.05, 3.63) is 84.7 Å². The zero-order valence-electron chi connectivity index (χ0n) is 31.3. The fraction of sp³-hybridized carbons (Fsp3) is 0.538. The van der Waals surface area contributed by atoms with Gasteiger partial charge in [0.25, 0.3) is 5.91 Å². The van der Waals surface area contributed by atoms with E-state index in [9.17, 15) is 19.5 Å². The number of rotatable bonds is 14. The Morgan fingerprint density at radius 3 is 2.38 bits per heavy atom. The number of nitrogens with one attached hydrogen (secondary N) is 3. The third-order valence-electron chi connectivity index (χ3n) is 8.91. The van der Waals surface area contributed by atoms with Crippen LogP contribution in [0.2, 0.25) is 0 Å². The number of nitrogens with zero attached hydrogens (tertiary/aromatic N) is 2. The second-order valence-electron chi connectivity index (χ2n) is 15.3. The molecule has 2 aromatic rings. The maximum absolute atomic E-state index is 14.2. The third-order valence-corrected chi connectivity index (χ3v) is 8.91. The highest BCUT2D eigenvalue weighted by Crippen LogP contribution is 2.33. The van der Waals surface area contributed by atoms with Gasteiger partial charge in [-0.1, -0.05) is 75.9 Å². The number of hydrogen-bond donors (Lipinski definition) is 4. The van der Waals surface area contributed by atoms with Gasteiger partial charge in [0.2, 0.25) is 0 Å². The van der Waals surface area contributed by atoms with Gasteiger partial charge in [-0.2, -0.15) is 0 Å². The van der Waals surface area contributed by atoms with E-state index in [1.807, 2.05) is 70.2 Å². The van der Waals surface area contributed by atoms with Crippen LogP contribution in [0, 0.1) is 11.3 Å². The van der Waals surface area contributed by atoms with Crippen LogP contribution < -0.4 is 16.1 Å². The molecule has 4 rings (SSSR count). The van der Waals surface area contributed by atoms with E-state index in [1.165, 1.54) is 0 Å². The molecule has 2 aliphatic rings. The zero-order chi connectivity index (χ0) is 38.1. The topological polar surface area (TPSA) is 161 Å². The molecule has 0 saturated carbocycles. The molecule has 3 amide bonds. The van der Waals surface area contributed by atoms with Gasteiger partial charge in [-0.15, -0.1) is 0 Å². The maximum Gasteiger partial charge on any atom is 0.408 e. The molecular weight excluding hydrogens is 666 g/mol. The summed E-state index contributed by atoms with van der Waals surface area (Å²) in [6.07, 6.45) is 2.55. The Kier molecular flexibility index (Phi) is 14.0. The van der Waals surface area contributed by atoms with Crippen LogP contribution >= 0.6 is 0 Å². The summed E-state index contributed by atoms with van der Waals surface area (Å²) in [4.78, 5) is 44.9. The molecule has 13 heteroatoms. The Balaban J connectivity index is 1.63. The van der Waals surface area contributed by atoms with Crippen molar-refractivity contribution in [1.82, 2.24) is 26.1 Å². The smallest absolute Gasteiger partial charge is 0.408 e. The van der Waals surface area contributed by atoms with E-state index in [4.69, 9.17) is 18.9 Å². The number of pyridine rings is 1. The van der Waals surface area contributed by atoms with Gasteiger partial charge >= 0.3 is 12.2 Å². The van der Waals surface area contributed by atoms with E-state index < -0.39 is 59.4 Å². The number of hydrogen-bond acceptors (Lipinski definition) is 10. The van der Waals surface area contributed by atoms with Crippen LogP contribution in [0.5, 0.6) is 0 Å². The number of benzene rings is 1. The molecule has 13 nitrogen and oxygen atoms in total. The van der Waals surface area contributed by atoms with Crippen molar-refractivity contribution in [2.24, 2.45) is 11.3 Å². The summed E-state index contributed by atoms with van der Waals surface area (Å²) in [5.41, 5.74) is 3.68. The van der Waals surface area contributed by atoms with Crippen molar-refractivity contribution in [2.45, 2.75) is 104 Å². The zero-order valence-corrected chi connectivity index (χ0v) is 31.3. The van der Waals surface area contributed by atoms with Crippen molar-refractivity contribution in [3.8, 4) is 0 Å². The lowest BCUT2D eigenvalue weighted by Gasteiger charge is -2.38. The van der Waals surface area contributed by atoms with E-state index >= 15 is 0 Å². The number of allylic oxidation sites excluding steroid dienone is 2. The lowest BCUT2D eigenvalue weighted by atomic mass is 9.86. The lowest BCUT2D eigenvalue weighted by Crippen LogP contribution is -2.61. The number of fused-ring (bicyclic) bond motifs is 1. The first-order valence-electron chi connectivity index (χ1n) is 17.8. The standard InChI is InChI=1S/C39H55N5O8/c1-9-15-27(29-18-13-14-20-40-29)25(2)44(43-34(46)33(38(3,4)5)42-37(48)52-39(6,7)8)23-31(45)30(22-26-16-11-10-12-17-26)41-36(47)51-32-24-50-35-28(32)19-21-49-35/h9-18,20,25,28,30-33,35,45H,1,19,21-24H2,2-8H3,(H,41,47)(H,42,48)(H,43,46)/b27-15+/t25?,28-,30-,31-,32-,33+,35+/m0/s1. The van der Waals surface area contributed by atoms with E-state index in [2.05, 4.69) is 27.6 Å². The molecule has 2 saturated heterocycles. The summed E-state index contributed by atoms with van der Waals surface area (Å²) in [6, 6.07) is 12.5. The Labute approximate surface area is 307 Å². The van der Waals surface area contributed by atoms with Crippen molar-refractivity contribution in [3.63, 3.8) is 0 Å². The molecule has 52 heavy (non-hydrogen) atoms. The number of aromatic nitrogens is 1. The lowest BCUT2D eigenvalue weighted by molar-refractivity contribution is -0.132. The molecule has 0 radical (unpaired) electrons. The second-order valence-corrected chi connectivity index (χ2v) is 15.3. The number of aliphatic hydroxyl groups excluding tert-OH is 1. The minimum atomic E-state index is -1.22. The highest BCUT2D eigenvalue weighted by Gasteiger charge is 2.44. The molecule has 0 aliphatic carbocycles. The minimum Gasteiger partial charge on any atom is -0.444 e. The molecular formula is C39H55N5O8. The van der Waals surface area contributed by atoms with Crippen molar-refractivity contribution < 1.29 is 38.4 Å². The maximum atomic E-state index is 14.2. The number of amides is 3. The van der Waals surface area contributed by atoms with Gasteiger partial charge in [-0.3, -0.25) is 15.2 Å². The predicted octanol–water partition coefficient (Wildman–Crippen LogP) is 4.77. The summed E-state index contributed by atoms with van der Waals surface area (Å²) >= 11 is 0. The summed E-state index contributed by atoms with van der Waals surface area (Å²) in [7, 11) is 0. The molecule has 4 N–H and O–H groups in total. The van der Waals surface area contributed by atoms with Gasteiger partial charge in [-0.25, -0.2) is 14.6 Å². The van der Waals surface area contributed by atoms with Crippen LogP contribution in [0.15, 0.2) is 73.5 Å². The summed E-state index contributed by atoms with van der Waals surface area (Å²) in [6.45, 7) is 17.1. The highest BCUT2D eigenvalue weighted by atomic mass is 16.7.